The predicted molar refractivity (Wildman–Crippen MR) is 94.4 cm³/mol. The van der Waals surface area contributed by atoms with Crippen LogP contribution in [0.4, 0.5) is 5.69 Å². The number of rotatable bonds is 3. The lowest BCUT2D eigenvalue weighted by Crippen LogP contribution is -2.41. The Balaban J connectivity index is 1.33. The van der Waals surface area contributed by atoms with E-state index < -0.39 is 0 Å². The highest BCUT2D eigenvalue weighted by atomic mass is 16.3. The van der Waals surface area contributed by atoms with Gasteiger partial charge in [0, 0.05) is 24.7 Å². The highest BCUT2D eigenvalue weighted by Gasteiger charge is 2.28. The topological polar surface area (TPSA) is 62.6 Å². The van der Waals surface area contributed by atoms with Gasteiger partial charge >= 0.3 is 0 Å². The lowest BCUT2D eigenvalue weighted by Gasteiger charge is -2.30. The quantitative estimate of drug-likeness (QED) is 0.934. The predicted octanol–water partition coefficient (Wildman–Crippen LogP) is 3.26. The summed E-state index contributed by atoms with van der Waals surface area (Å²) in [4.78, 5) is 26.6. The minimum absolute atomic E-state index is 0.0473. The van der Waals surface area contributed by atoms with Crippen LogP contribution in [0.1, 0.15) is 40.9 Å². The summed E-state index contributed by atoms with van der Waals surface area (Å²) in [6.07, 6.45) is 6.32. The summed E-state index contributed by atoms with van der Waals surface area (Å²) in [6.45, 7) is 1.17. The average Bonchev–Trinajstić information content (AvgIpc) is 3.32. The lowest BCUT2D eigenvalue weighted by atomic mass is 9.95. The van der Waals surface area contributed by atoms with Crippen molar-refractivity contribution in [2.75, 3.05) is 18.4 Å². The smallest absolute Gasteiger partial charge is 0.289 e. The first kappa shape index (κ1) is 15.9. The standard InChI is InChI=1S/C20H22N2O3/c23-19(21-17-7-6-14-3-1-4-16(14)13-17)15-8-10-22(11-9-15)20(24)18-5-2-12-25-18/h2,5-7,12-13,15H,1,3-4,8-11H2,(H,21,23). The third kappa shape index (κ3) is 3.31. The molecule has 2 aromatic rings. The molecule has 0 radical (unpaired) electrons. The third-order valence-electron chi connectivity index (χ3n) is 5.25. The number of piperidine rings is 1. The van der Waals surface area contributed by atoms with Gasteiger partial charge in [0.15, 0.2) is 5.76 Å². The minimum Gasteiger partial charge on any atom is -0.459 e. The van der Waals surface area contributed by atoms with E-state index in [4.69, 9.17) is 4.42 Å². The number of hydrogen-bond acceptors (Lipinski definition) is 3. The van der Waals surface area contributed by atoms with Gasteiger partial charge in [-0.1, -0.05) is 6.07 Å². The fraction of sp³-hybridized carbons (Fsp3) is 0.400. The Labute approximate surface area is 147 Å². The minimum atomic E-state index is -0.0949. The van der Waals surface area contributed by atoms with E-state index in [1.54, 1.807) is 17.0 Å². The van der Waals surface area contributed by atoms with Crippen molar-refractivity contribution in [3.63, 3.8) is 0 Å². The van der Waals surface area contributed by atoms with Crippen LogP contribution in [0.5, 0.6) is 0 Å². The summed E-state index contributed by atoms with van der Waals surface area (Å²) in [7, 11) is 0. The van der Waals surface area contributed by atoms with E-state index in [0.29, 0.717) is 31.7 Å². The molecule has 0 bridgehead atoms. The van der Waals surface area contributed by atoms with Crippen molar-refractivity contribution in [3.05, 3.63) is 53.5 Å². The second kappa shape index (κ2) is 6.75. The maximum atomic E-state index is 12.5. The fourth-order valence-corrected chi connectivity index (χ4v) is 3.79. The van der Waals surface area contributed by atoms with Crippen LogP contribution in [-0.4, -0.2) is 29.8 Å². The zero-order valence-electron chi connectivity index (χ0n) is 14.2. The summed E-state index contributed by atoms with van der Waals surface area (Å²) in [5.41, 5.74) is 3.65. The zero-order valence-corrected chi connectivity index (χ0v) is 14.2. The van der Waals surface area contributed by atoms with Crippen molar-refractivity contribution in [1.29, 1.82) is 0 Å². The van der Waals surface area contributed by atoms with Crippen molar-refractivity contribution < 1.29 is 14.0 Å². The van der Waals surface area contributed by atoms with Gasteiger partial charge in [0.25, 0.3) is 5.91 Å². The van der Waals surface area contributed by atoms with Gasteiger partial charge in [-0.2, -0.15) is 0 Å². The van der Waals surface area contributed by atoms with Gasteiger partial charge < -0.3 is 14.6 Å². The second-order valence-corrected chi connectivity index (χ2v) is 6.87. The normalized spacial score (nSPS) is 17.4. The first-order chi connectivity index (χ1) is 12.2. The maximum absolute atomic E-state index is 12.5. The molecule has 25 heavy (non-hydrogen) atoms. The Bertz CT molecular complexity index is 774. The Hall–Kier alpha value is -2.56. The summed E-state index contributed by atoms with van der Waals surface area (Å²) in [6, 6.07) is 9.62. The van der Waals surface area contributed by atoms with Gasteiger partial charge in [-0.25, -0.2) is 0 Å². The van der Waals surface area contributed by atoms with Crippen molar-refractivity contribution in [2.45, 2.75) is 32.1 Å². The van der Waals surface area contributed by atoms with E-state index in [9.17, 15) is 9.59 Å². The molecule has 1 aromatic heterocycles. The number of fused-ring (bicyclic) bond motifs is 1. The van der Waals surface area contributed by atoms with Gasteiger partial charge in [-0.15, -0.1) is 0 Å². The van der Waals surface area contributed by atoms with Crippen LogP contribution in [0.25, 0.3) is 0 Å². The molecule has 1 aromatic carbocycles. The molecule has 2 heterocycles. The molecule has 1 fully saturated rings. The number of nitrogens with one attached hydrogen (secondary N) is 1. The van der Waals surface area contributed by atoms with Crippen LogP contribution in [0.15, 0.2) is 41.0 Å². The van der Waals surface area contributed by atoms with Gasteiger partial charge in [-0.3, -0.25) is 9.59 Å². The van der Waals surface area contributed by atoms with Gasteiger partial charge in [0.2, 0.25) is 5.91 Å². The van der Waals surface area contributed by atoms with Crippen molar-refractivity contribution in [1.82, 2.24) is 4.90 Å². The average molecular weight is 338 g/mol. The highest BCUT2D eigenvalue weighted by Crippen LogP contribution is 2.26. The molecule has 1 N–H and O–H groups in total. The van der Waals surface area contributed by atoms with Crippen LogP contribution >= 0.6 is 0 Å². The molecule has 5 heteroatoms. The molecule has 0 saturated carbocycles. The Morgan fingerprint density at radius 2 is 1.88 bits per heavy atom. The number of amides is 2. The largest absolute Gasteiger partial charge is 0.459 e. The van der Waals surface area contributed by atoms with E-state index in [1.165, 1.54) is 23.8 Å². The molecule has 1 aliphatic heterocycles. The highest BCUT2D eigenvalue weighted by molar-refractivity contribution is 5.94. The molecule has 1 saturated heterocycles. The monoisotopic (exact) mass is 338 g/mol. The zero-order chi connectivity index (χ0) is 17.2. The maximum Gasteiger partial charge on any atom is 0.289 e. The molecular formula is C20H22N2O3. The Kier molecular flexibility index (Phi) is 4.30. The Morgan fingerprint density at radius 3 is 2.64 bits per heavy atom. The molecule has 2 aliphatic rings. The van der Waals surface area contributed by atoms with Crippen LogP contribution in [0.2, 0.25) is 0 Å². The lowest BCUT2D eigenvalue weighted by molar-refractivity contribution is -0.121. The van der Waals surface area contributed by atoms with Crippen LogP contribution in [0.3, 0.4) is 0 Å². The number of carbonyl (C=O) groups is 2. The van der Waals surface area contributed by atoms with E-state index in [1.807, 2.05) is 6.07 Å². The van der Waals surface area contributed by atoms with Crippen LogP contribution in [0, 0.1) is 5.92 Å². The van der Waals surface area contributed by atoms with E-state index >= 15 is 0 Å². The summed E-state index contributed by atoms with van der Waals surface area (Å²) < 4.78 is 5.17. The first-order valence-corrected chi connectivity index (χ1v) is 8.96. The molecule has 5 nitrogen and oxygen atoms in total. The third-order valence-corrected chi connectivity index (χ3v) is 5.25. The van der Waals surface area contributed by atoms with Gasteiger partial charge in [0.05, 0.1) is 6.26 Å². The Morgan fingerprint density at radius 1 is 1.08 bits per heavy atom. The van der Waals surface area contributed by atoms with Crippen molar-refractivity contribution >= 4 is 17.5 Å². The molecule has 4 rings (SSSR count). The van der Waals surface area contributed by atoms with Crippen molar-refractivity contribution in [2.24, 2.45) is 5.92 Å². The SMILES string of the molecule is O=C(Nc1ccc2c(c1)CCC2)C1CCN(C(=O)c2ccco2)CC1. The van der Waals surface area contributed by atoms with Crippen LogP contribution < -0.4 is 5.32 Å². The number of carbonyl (C=O) groups excluding carboxylic acids is 2. The second-order valence-electron chi connectivity index (χ2n) is 6.87. The van der Waals surface area contributed by atoms with Crippen molar-refractivity contribution in [3.8, 4) is 0 Å². The molecule has 1 aliphatic carbocycles. The number of benzene rings is 1. The summed E-state index contributed by atoms with van der Waals surface area (Å²) in [5.74, 6) is 0.278. The number of furan rings is 1. The molecule has 2 amide bonds. The molecule has 130 valence electrons. The molecule has 0 unspecified atom stereocenters. The summed E-state index contributed by atoms with van der Waals surface area (Å²) >= 11 is 0. The summed E-state index contributed by atoms with van der Waals surface area (Å²) in [5, 5.41) is 3.05. The fourth-order valence-electron chi connectivity index (χ4n) is 3.79. The van der Waals surface area contributed by atoms with E-state index in [0.717, 1.165) is 18.5 Å². The molecule has 0 spiro atoms. The van der Waals surface area contributed by atoms with E-state index in [2.05, 4.69) is 17.4 Å². The number of hydrogen-bond donors (Lipinski definition) is 1. The molecular weight excluding hydrogens is 316 g/mol. The van der Waals surface area contributed by atoms with E-state index in [-0.39, 0.29) is 17.7 Å². The van der Waals surface area contributed by atoms with Gasteiger partial charge in [0.1, 0.15) is 0 Å². The number of likely N-dealkylation sites (tertiary alicyclic amines) is 1. The van der Waals surface area contributed by atoms with Gasteiger partial charge in [-0.05, 0) is 67.5 Å². The van der Waals surface area contributed by atoms with Crippen LogP contribution in [-0.2, 0) is 17.6 Å². The number of nitrogens with zero attached hydrogens (tertiary/aromatic N) is 1. The number of anilines is 1. The molecule has 0 atom stereocenters. The first-order valence-electron chi connectivity index (χ1n) is 8.96. The number of aryl methyl sites for hydroxylation is 2.